The predicted molar refractivity (Wildman–Crippen MR) is 107 cm³/mol. The second kappa shape index (κ2) is 7.23. The number of amides is 3. The van der Waals surface area contributed by atoms with E-state index in [1.165, 1.54) is 4.90 Å². The van der Waals surface area contributed by atoms with Crippen LogP contribution in [-0.2, 0) is 19.1 Å². The first-order valence-corrected chi connectivity index (χ1v) is 10.6. The summed E-state index contributed by atoms with van der Waals surface area (Å²) in [5.41, 5.74) is -1.88. The van der Waals surface area contributed by atoms with Crippen molar-refractivity contribution in [1.82, 2.24) is 15.5 Å². The summed E-state index contributed by atoms with van der Waals surface area (Å²) in [7, 11) is 1.56. The van der Waals surface area contributed by atoms with Gasteiger partial charge in [-0.3, -0.25) is 14.4 Å². The zero-order valence-corrected chi connectivity index (χ0v) is 18.5. The van der Waals surface area contributed by atoms with Crippen LogP contribution in [0.1, 0.15) is 48.0 Å². The lowest BCUT2D eigenvalue weighted by atomic mass is 9.62. The van der Waals surface area contributed by atoms with Crippen LogP contribution in [0.25, 0.3) is 0 Å². The van der Waals surface area contributed by atoms with E-state index in [1.807, 2.05) is 41.5 Å². The van der Waals surface area contributed by atoms with E-state index in [0.29, 0.717) is 6.42 Å². The molecule has 3 heterocycles. The van der Waals surface area contributed by atoms with Crippen molar-refractivity contribution in [2.75, 3.05) is 13.7 Å². The minimum absolute atomic E-state index is 0.00905. The van der Waals surface area contributed by atoms with E-state index < -0.39 is 35.1 Å². The molecule has 0 aromatic rings. The third-order valence-electron chi connectivity index (χ3n) is 7.27. The third-order valence-corrected chi connectivity index (χ3v) is 7.27. The van der Waals surface area contributed by atoms with Gasteiger partial charge in [-0.25, -0.2) is 0 Å². The van der Waals surface area contributed by atoms with Gasteiger partial charge in [0, 0.05) is 13.1 Å². The van der Waals surface area contributed by atoms with Gasteiger partial charge in [-0.1, -0.05) is 20.8 Å². The molecule has 29 heavy (non-hydrogen) atoms. The van der Waals surface area contributed by atoms with Crippen molar-refractivity contribution in [2.45, 2.75) is 77.3 Å². The maximum Gasteiger partial charge on any atom is 0.246 e. The van der Waals surface area contributed by atoms with Crippen LogP contribution in [0.3, 0.4) is 0 Å². The van der Waals surface area contributed by atoms with E-state index in [0.717, 1.165) is 0 Å². The van der Waals surface area contributed by atoms with E-state index in [9.17, 15) is 19.5 Å². The fourth-order valence-electron chi connectivity index (χ4n) is 5.87. The lowest BCUT2D eigenvalue weighted by Gasteiger charge is -2.38. The van der Waals surface area contributed by atoms with Gasteiger partial charge in [0.25, 0.3) is 0 Å². The van der Waals surface area contributed by atoms with Crippen LogP contribution in [0.2, 0.25) is 0 Å². The van der Waals surface area contributed by atoms with Crippen molar-refractivity contribution >= 4 is 17.7 Å². The van der Waals surface area contributed by atoms with Crippen molar-refractivity contribution in [1.29, 1.82) is 0 Å². The number of nitrogens with zero attached hydrogens (tertiary/aromatic N) is 1. The molecule has 3 fully saturated rings. The van der Waals surface area contributed by atoms with Crippen LogP contribution in [0.5, 0.6) is 0 Å². The van der Waals surface area contributed by atoms with Crippen LogP contribution in [0.4, 0.5) is 0 Å². The van der Waals surface area contributed by atoms with Crippen molar-refractivity contribution < 1.29 is 24.2 Å². The molecule has 3 rings (SSSR count). The van der Waals surface area contributed by atoms with Gasteiger partial charge in [-0.15, -0.1) is 0 Å². The standard InChI is InChI=1S/C21H35N3O5/c1-10(2)13(9-25)24-16(18(27)23-11(3)4)21-8-12(5)20(6,29-21)14(17(26)22-7)15(21)19(24)28/h10-16,25H,8-9H2,1-7H3,(H,22,26)(H,23,27)/t12?,13-,14-,15-,16?,20+,21?/m0/s1. The topological polar surface area (TPSA) is 108 Å². The van der Waals surface area contributed by atoms with E-state index >= 15 is 0 Å². The molecule has 8 heteroatoms. The first kappa shape index (κ1) is 22.0. The number of hydrogen-bond donors (Lipinski definition) is 3. The number of hydrogen-bond acceptors (Lipinski definition) is 5. The summed E-state index contributed by atoms with van der Waals surface area (Å²) in [4.78, 5) is 41.5. The number of aliphatic hydroxyl groups excluding tert-OH is 1. The average molecular weight is 410 g/mol. The Bertz CT molecular complexity index is 710. The molecule has 3 unspecified atom stereocenters. The molecule has 3 amide bonds. The second-order valence-corrected chi connectivity index (χ2v) is 9.72. The smallest absolute Gasteiger partial charge is 0.246 e. The molecule has 3 N–H and O–H groups in total. The summed E-state index contributed by atoms with van der Waals surface area (Å²) in [5.74, 6) is -2.26. The van der Waals surface area contributed by atoms with Crippen LogP contribution in [0.15, 0.2) is 0 Å². The number of nitrogens with one attached hydrogen (secondary N) is 2. The molecular weight excluding hydrogens is 374 g/mol. The highest BCUT2D eigenvalue weighted by Gasteiger charge is 2.80. The number of carbonyl (C=O) groups is 3. The van der Waals surface area contributed by atoms with Gasteiger partial charge in [-0.05, 0) is 39.0 Å². The average Bonchev–Trinajstić information content (AvgIpc) is 3.12. The van der Waals surface area contributed by atoms with Crippen LogP contribution >= 0.6 is 0 Å². The number of carbonyl (C=O) groups excluding carboxylic acids is 3. The molecule has 8 nitrogen and oxygen atoms in total. The second-order valence-electron chi connectivity index (χ2n) is 9.72. The molecule has 1 spiro atoms. The molecule has 2 bridgehead atoms. The molecule has 7 atom stereocenters. The molecule has 3 saturated heterocycles. The molecule has 0 aliphatic carbocycles. The van der Waals surface area contributed by atoms with E-state index in [2.05, 4.69) is 10.6 Å². The number of ether oxygens (including phenoxy) is 1. The van der Waals surface area contributed by atoms with Crippen molar-refractivity contribution in [3.05, 3.63) is 0 Å². The molecule has 0 radical (unpaired) electrons. The van der Waals surface area contributed by atoms with Crippen molar-refractivity contribution in [2.24, 2.45) is 23.7 Å². The highest BCUT2D eigenvalue weighted by Crippen LogP contribution is 2.65. The minimum Gasteiger partial charge on any atom is -0.394 e. The zero-order valence-electron chi connectivity index (χ0n) is 18.5. The Balaban J connectivity index is 2.17. The quantitative estimate of drug-likeness (QED) is 0.584. The van der Waals surface area contributed by atoms with Gasteiger partial charge in [0.05, 0.1) is 30.1 Å². The number of likely N-dealkylation sites (tertiary alicyclic amines) is 1. The summed E-state index contributed by atoms with van der Waals surface area (Å²) in [6.45, 7) is 11.2. The summed E-state index contributed by atoms with van der Waals surface area (Å²) in [6, 6.07) is -1.51. The lowest BCUT2D eigenvalue weighted by Crippen LogP contribution is -2.59. The lowest BCUT2D eigenvalue weighted by molar-refractivity contribution is -0.152. The summed E-state index contributed by atoms with van der Waals surface area (Å²) in [6.07, 6.45) is 0.524. The van der Waals surface area contributed by atoms with Gasteiger partial charge in [-0.2, -0.15) is 0 Å². The van der Waals surface area contributed by atoms with Crippen molar-refractivity contribution in [3.8, 4) is 0 Å². The van der Waals surface area contributed by atoms with Gasteiger partial charge in [0.1, 0.15) is 11.6 Å². The Hall–Kier alpha value is -1.67. The maximum atomic E-state index is 13.7. The first-order chi connectivity index (χ1) is 13.5. The van der Waals surface area contributed by atoms with Gasteiger partial charge in [0.15, 0.2) is 0 Å². The number of rotatable bonds is 6. The van der Waals surface area contributed by atoms with Crippen LogP contribution in [-0.4, -0.2) is 70.7 Å². The van der Waals surface area contributed by atoms with Crippen LogP contribution < -0.4 is 10.6 Å². The Morgan fingerprint density at radius 3 is 2.38 bits per heavy atom. The molecular formula is C21H35N3O5. The predicted octanol–water partition coefficient (Wildman–Crippen LogP) is 0.285. The Labute approximate surface area is 172 Å². The molecule has 0 aromatic heterocycles. The Morgan fingerprint density at radius 1 is 1.28 bits per heavy atom. The normalized spacial score (nSPS) is 39.2. The first-order valence-electron chi connectivity index (χ1n) is 10.6. The van der Waals surface area contributed by atoms with Gasteiger partial charge >= 0.3 is 0 Å². The summed E-state index contributed by atoms with van der Waals surface area (Å²) in [5, 5.41) is 15.7. The van der Waals surface area contributed by atoms with Gasteiger partial charge < -0.3 is 25.4 Å². The summed E-state index contributed by atoms with van der Waals surface area (Å²) < 4.78 is 6.54. The monoisotopic (exact) mass is 409 g/mol. The fourth-order valence-corrected chi connectivity index (χ4v) is 5.87. The fraction of sp³-hybridized carbons (Fsp3) is 0.857. The largest absolute Gasteiger partial charge is 0.394 e. The van der Waals surface area contributed by atoms with Crippen LogP contribution in [0, 0.1) is 23.7 Å². The molecule has 3 aliphatic rings. The Morgan fingerprint density at radius 2 is 1.90 bits per heavy atom. The zero-order chi connectivity index (χ0) is 21.9. The molecule has 0 saturated carbocycles. The molecule has 0 aromatic carbocycles. The Kier molecular flexibility index (Phi) is 5.49. The van der Waals surface area contributed by atoms with E-state index in [4.69, 9.17) is 4.74 Å². The third kappa shape index (κ3) is 2.90. The van der Waals surface area contributed by atoms with Gasteiger partial charge in [0.2, 0.25) is 17.7 Å². The van der Waals surface area contributed by atoms with E-state index in [1.54, 1.807) is 7.05 Å². The SMILES string of the molecule is CNC(=O)[C@@H]1[C@H]2C(=O)N([C@@H](CO)C(C)C)C(C(=O)NC(C)C)C23CC(C)[C@@]1(C)O3. The highest BCUT2D eigenvalue weighted by molar-refractivity contribution is 5.99. The van der Waals surface area contributed by atoms with E-state index in [-0.39, 0.29) is 42.2 Å². The van der Waals surface area contributed by atoms with Crippen molar-refractivity contribution in [3.63, 3.8) is 0 Å². The molecule has 3 aliphatic heterocycles. The maximum absolute atomic E-state index is 13.7. The number of aliphatic hydroxyl groups is 1. The summed E-state index contributed by atoms with van der Waals surface area (Å²) >= 11 is 0. The molecule has 164 valence electrons. The highest BCUT2D eigenvalue weighted by atomic mass is 16.5. The number of fused-ring (bicyclic) bond motifs is 1. The minimum atomic E-state index is -1.07.